The van der Waals surface area contributed by atoms with Crippen molar-refractivity contribution in [3.8, 4) is 0 Å². The molecule has 0 aliphatic heterocycles. The standard InChI is InChI=1S/C6H8BrN3O/c7-4-1-9-6(10-2-4)5(8)3-11/h1-2,5,11H,3,8H2/t5-/m1/s1. The Bertz CT molecular complexity index is 226. The van der Waals surface area contributed by atoms with Gasteiger partial charge in [-0.1, -0.05) is 0 Å². The van der Waals surface area contributed by atoms with Crippen LogP contribution in [-0.2, 0) is 0 Å². The van der Waals surface area contributed by atoms with E-state index in [9.17, 15) is 0 Å². The molecule has 3 N–H and O–H groups in total. The van der Waals surface area contributed by atoms with Crippen LogP contribution in [0.5, 0.6) is 0 Å². The molecule has 60 valence electrons. The molecule has 5 heteroatoms. The summed E-state index contributed by atoms with van der Waals surface area (Å²) in [6.07, 6.45) is 3.19. The third kappa shape index (κ3) is 2.21. The van der Waals surface area contributed by atoms with E-state index in [0.717, 1.165) is 4.47 Å². The van der Waals surface area contributed by atoms with Crippen LogP contribution >= 0.6 is 15.9 Å². The summed E-state index contributed by atoms with van der Waals surface area (Å²) in [4.78, 5) is 7.81. The zero-order chi connectivity index (χ0) is 8.27. The van der Waals surface area contributed by atoms with Gasteiger partial charge in [0.1, 0.15) is 5.82 Å². The lowest BCUT2D eigenvalue weighted by molar-refractivity contribution is 0.263. The van der Waals surface area contributed by atoms with Gasteiger partial charge in [0, 0.05) is 12.4 Å². The Labute approximate surface area is 72.6 Å². The number of nitrogens with two attached hydrogens (primary N) is 1. The highest BCUT2D eigenvalue weighted by atomic mass is 79.9. The molecule has 0 amide bonds. The van der Waals surface area contributed by atoms with Crippen molar-refractivity contribution in [2.75, 3.05) is 6.61 Å². The van der Waals surface area contributed by atoms with Crippen molar-refractivity contribution in [2.24, 2.45) is 5.73 Å². The molecule has 0 unspecified atom stereocenters. The topological polar surface area (TPSA) is 72.0 Å². The number of aromatic nitrogens is 2. The van der Waals surface area contributed by atoms with Gasteiger partial charge in [-0.25, -0.2) is 9.97 Å². The second-order valence-corrected chi connectivity index (χ2v) is 2.96. The predicted molar refractivity (Wildman–Crippen MR) is 43.7 cm³/mol. The van der Waals surface area contributed by atoms with E-state index in [0.29, 0.717) is 5.82 Å². The van der Waals surface area contributed by atoms with Crippen molar-refractivity contribution >= 4 is 15.9 Å². The van der Waals surface area contributed by atoms with E-state index in [-0.39, 0.29) is 6.61 Å². The molecule has 4 nitrogen and oxygen atoms in total. The van der Waals surface area contributed by atoms with Crippen LogP contribution in [0.2, 0.25) is 0 Å². The molecule has 0 saturated heterocycles. The van der Waals surface area contributed by atoms with E-state index in [1.165, 1.54) is 0 Å². The van der Waals surface area contributed by atoms with Crippen molar-refractivity contribution < 1.29 is 5.11 Å². The Kier molecular flexibility index (Phi) is 2.92. The van der Waals surface area contributed by atoms with Crippen LogP contribution in [0.1, 0.15) is 11.9 Å². The lowest BCUT2D eigenvalue weighted by atomic mass is 10.3. The van der Waals surface area contributed by atoms with Crippen LogP contribution < -0.4 is 5.73 Å². The molecule has 11 heavy (non-hydrogen) atoms. The van der Waals surface area contributed by atoms with Crippen molar-refractivity contribution in [2.45, 2.75) is 6.04 Å². The molecule has 1 atom stereocenters. The van der Waals surface area contributed by atoms with E-state index >= 15 is 0 Å². The molecule has 0 radical (unpaired) electrons. The monoisotopic (exact) mass is 217 g/mol. The molecule has 0 spiro atoms. The highest BCUT2D eigenvalue weighted by molar-refractivity contribution is 9.10. The molecule has 1 heterocycles. The average Bonchev–Trinajstić information content (AvgIpc) is 2.05. The largest absolute Gasteiger partial charge is 0.394 e. The Hall–Kier alpha value is -0.520. The number of halogens is 1. The second-order valence-electron chi connectivity index (χ2n) is 2.05. The van der Waals surface area contributed by atoms with Crippen LogP contribution in [0.4, 0.5) is 0 Å². The fraction of sp³-hybridized carbons (Fsp3) is 0.333. The molecular formula is C6H8BrN3O. The summed E-state index contributed by atoms with van der Waals surface area (Å²) < 4.78 is 0.798. The van der Waals surface area contributed by atoms with Crippen molar-refractivity contribution in [1.82, 2.24) is 9.97 Å². The van der Waals surface area contributed by atoms with Crippen LogP contribution in [0.3, 0.4) is 0 Å². The quantitative estimate of drug-likeness (QED) is 0.745. The number of nitrogens with zero attached hydrogens (tertiary/aromatic N) is 2. The van der Waals surface area contributed by atoms with E-state index in [1.807, 2.05) is 0 Å². The van der Waals surface area contributed by atoms with Gasteiger partial charge in [0.05, 0.1) is 17.1 Å². The van der Waals surface area contributed by atoms with Gasteiger partial charge in [-0.05, 0) is 15.9 Å². The van der Waals surface area contributed by atoms with Crippen molar-refractivity contribution in [1.29, 1.82) is 0 Å². The number of rotatable bonds is 2. The SMILES string of the molecule is N[C@H](CO)c1ncc(Br)cn1. The van der Waals surface area contributed by atoms with Gasteiger partial charge in [-0.2, -0.15) is 0 Å². The van der Waals surface area contributed by atoms with Gasteiger partial charge >= 0.3 is 0 Å². The lowest BCUT2D eigenvalue weighted by Gasteiger charge is -2.04. The molecular weight excluding hydrogens is 210 g/mol. The number of aliphatic hydroxyl groups excluding tert-OH is 1. The molecule has 0 aromatic carbocycles. The third-order valence-corrected chi connectivity index (χ3v) is 1.58. The first-order valence-electron chi connectivity index (χ1n) is 3.08. The second kappa shape index (κ2) is 3.75. The zero-order valence-corrected chi connectivity index (χ0v) is 7.32. The molecule has 0 saturated carbocycles. The Morgan fingerprint density at radius 2 is 2.09 bits per heavy atom. The summed E-state index contributed by atoms with van der Waals surface area (Å²) in [6.45, 7) is -0.137. The highest BCUT2D eigenvalue weighted by Crippen LogP contribution is 2.07. The zero-order valence-electron chi connectivity index (χ0n) is 5.74. The number of hydrogen-bond acceptors (Lipinski definition) is 4. The summed E-state index contributed by atoms with van der Waals surface area (Å²) in [7, 11) is 0. The van der Waals surface area contributed by atoms with E-state index in [1.54, 1.807) is 12.4 Å². The minimum atomic E-state index is -0.483. The fourth-order valence-corrected chi connectivity index (χ4v) is 0.800. The maximum atomic E-state index is 8.64. The van der Waals surface area contributed by atoms with E-state index < -0.39 is 6.04 Å². The van der Waals surface area contributed by atoms with Crippen molar-refractivity contribution in [3.05, 3.63) is 22.7 Å². The molecule has 1 aromatic rings. The predicted octanol–water partition coefficient (Wildman–Crippen LogP) is 0.231. The minimum Gasteiger partial charge on any atom is -0.394 e. The summed E-state index contributed by atoms with van der Waals surface area (Å²) >= 11 is 3.19. The molecule has 0 aliphatic rings. The lowest BCUT2D eigenvalue weighted by Crippen LogP contribution is -2.17. The van der Waals surface area contributed by atoms with Crippen LogP contribution in [0.15, 0.2) is 16.9 Å². The molecule has 1 rings (SSSR count). The van der Waals surface area contributed by atoms with Gasteiger partial charge in [0.15, 0.2) is 0 Å². The Morgan fingerprint density at radius 1 is 1.55 bits per heavy atom. The molecule has 0 bridgehead atoms. The fourth-order valence-electron chi connectivity index (χ4n) is 0.595. The Balaban J connectivity index is 2.81. The maximum absolute atomic E-state index is 8.64. The molecule has 1 aromatic heterocycles. The summed E-state index contributed by atoms with van der Waals surface area (Å²) in [6, 6.07) is -0.483. The Morgan fingerprint density at radius 3 is 2.55 bits per heavy atom. The van der Waals surface area contributed by atoms with Gasteiger partial charge in [0.25, 0.3) is 0 Å². The number of aliphatic hydroxyl groups is 1. The highest BCUT2D eigenvalue weighted by Gasteiger charge is 2.05. The van der Waals surface area contributed by atoms with Gasteiger partial charge in [0.2, 0.25) is 0 Å². The first kappa shape index (κ1) is 8.58. The molecule has 0 aliphatic carbocycles. The summed E-state index contributed by atoms with van der Waals surface area (Å²) in [5.41, 5.74) is 5.45. The summed E-state index contributed by atoms with van der Waals surface area (Å²) in [5, 5.41) is 8.64. The number of hydrogen-bond donors (Lipinski definition) is 2. The summed E-state index contributed by atoms with van der Waals surface area (Å²) in [5.74, 6) is 0.454. The van der Waals surface area contributed by atoms with E-state index in [4.69, 9.17) is 10.8 Å². The smallest absolute Gasteiger partial charge is 0.147 e. The van der Waals surface area contributed by atoms with Gasteiger partial charge < -0.3 is 10.8 Å². The first-order chi connectivity index (χ1) is 5.24. The maximum Gasteiger partial charge on any atom is 0.147 e. The third-order valence-electron chi connectivity index (χ3n) is 1.17. The van der Waals surface area contributed by atoms with Crippen LogP contribution in [0, 0.1) is 0 Å². The average molecular weight is 218 g/mol. The van der Waals surface area contributed by atoms with E-state index in [2.05, 4.69) is 25.9 Å². The van der Waals surface area contributed by atoms with Crippen LogP contribution in [-0.4, -0.2) is 21.7 Å². The first-order valence-corrected chi connectivity index (χ1v) is 3.87. The van der Waals surface area contributed by atoms with Crippen molar-refractivity contribution in [3.63, 3.8) is 0 Å². The minimum absolute atomic E-state index is 0.137. The van der Waals surface area contributed by atoms with Gasteiger partial charge in [-0.3, -0.25) is 0 Å². The normalized spacial score (nSPS) is 13.0. The van der Waals surface area contributed by atoms with Gasteiger partial charge in [-0.15, -0.1) is 0 Å². The molecule has 0 fully saturated rings. The van der Waals surface area contributed by atoms with Crippen LogP contribution in [0.25, 0.3) is 0 Å².